The van der Waals surface area contributed by atoms with Crippen LogP contribution in [0.2, 0.25) is 0 Å². The van der Waals surface area contributed by atoms with Crippen molar-refractivity contribution in [2.75, 3.05) is 36.0 Å². The minimum Gasteiger partial charge on any atom is -0.372 e. The highest BCUT2D eigenvalue weighted by molar-refractivity contribution is 6.09. The van der Waals surface area contributed by atoms with Crippen LogP contribution in [0.3, 0.4) is 0 Å². The monoisotopic (exact) mass is 348 g/mol. The summed E-state index contributed by atoms with van der Waals surface area (Å²) in [6, 6.07) is 16.3. The van der Waals surface area contributed by atoms with Gasteiger partial charge in [0.05, 0.1) is 0 Å². The molecule has 2 aromatic rings. The van der Waals surface area contributed by atoms with Crippen molar-refractivity contribution in [3.05, 3.63) is 59.7 Å². The smallest absolute Gasteiger partial charge is 0.193 e. The SMILES string of the molecule is O=C(c1ccc(N2CCCCCC2)cc1)c1ccc(N2CCCC2)cc1. The average Bonchev–Trinajstić information content (AvgIpc) is 3.10. The maximum Gasteiger partial charge on any atom is 0.193 e. The van der Waals surface area contributed by atoms with E-state index in [0.29, 0.717) is 0 Å². The molecule has 0 spiro atoms. The molecule has 2 fully saturated rings. The Balaban J connectivity index is 1.45. The second-order valence-electron chi connectivity index (χ2n) is 7.52. The van der Waals surface area contributed by atoms with Gasteiger partial charge in [-0.1, -0.05) is 12.8 Å². The summed E-state index contributed by atoms with van der Waals surface area (Å²) in [6.07, 6.45) is 7.74. The first kappa shape index (κ1) is 17.1. The molecular weight excluding hydrogens is 320 g/mol. The van der Waals surface area contributed by atoms with Crippen molar-refractivity contribution in [3.63, 3.8) is 0 Å². The molecule has 0 radical (unpaired) electrons. The van der Waals surface area contributed by atoms with Gasteiger partial charge >= 0.3 is 0 Å². The summed E-state index contributed by atoms with van der Waals surface area (Å²) in [7, 11) is 0. The lowest BCUT2D eigenvalue weighted by Gasteiger charge is -2.22. The number of nitrogens with zero attached hydrogens (tertiary/aromatic N) is 2. The van der Waals surface area contributed by atoms with Crippen LogP contribution in [0.5, 0.6) is 0 Å². The number of ketones is 1. The number of carbonyl (C=O) groups excluding carboxylic acids is 1. The Kier molecular flexibility index (Phi) is 5.24. The molecule has 0 aliphatic carbocycles. The molecule has 0 unspecified atom stereocenters. The van der Waals surface area contributed by atoms with Crippen LogP contribution in [0.1, 0.15) is 54.4 Å². The van der Waals surface area contributed by atoms with E-state index < -0.39 is 0 Å². The van der Waals surface area contributed by atoms with E-state index in [-0.39, 0.29) is 5.78 Å². The molecule has 3 heteroatoms. The van der Waals surface area contributed by atoms with Crippen LogP contribution in [-0.2, 0) is 0 Å². The summed E-state index contributed by atoms with van der Waals surface area (Å²) in [5.74, 6) is 0.111. The van der Waals surface area contributed by atoms with E-state index in [1.807, 2.05) is 24.3 Å². The van der Waals surface area contributed by atoms with Crippen LogP contribution in [-0.4, -0.2) is 32.0 Å². The van der Waals surface area contributed by atoms with Crippen molar-refractivity contribution in [3.8, 4) is 0 Å². The molecule has 0 N–H and O–H groups in total. The van der Waals surface area contributed by atoms with Crippen molar-refractivity contribution in [2.45, 2.75) is 38.5 Å². The molecule has 2 aliphatic heterocycles. The minimum atomic E-state index is 0.111. The predicted octanol–water partition coefficient (Wildman–Crippen LogP) is 4.90. The normalized spacial score (nSPS) is 18.0. The summed E-state index contributed by atoms with van der Waals surface area (Å²) in [4.78, 5) is 17.6. The van der Waals surface area contributed by atoms with E-state index in [0.717, 1.165) is 37.3 Å². The topological polar surface area (TPSA) is 23.6 Å². The van der Waals surface area contributed by atoms with Crippen molar-refractivity contribution >= 4 is 17.2 Å². The van der Waals surface area contributed by atoms with Gasteiger partial charge in [-0.05, 0) is 74.2 Å². The van der Waals surface area contributed by atoms with Crippen molar-refractivity contribution in [1.29, 1.82) is 0 Å². The summed E-state index contributed by atoms with van der Waals surface area (Å²) in [5, 5.41) is 0. The molecule has 26 heavy (non-hydrogen) atoms. The predicted molar refractivity (Wildman–Crippen MR) is 108 cm³/mol. The molecule has 2 aromatic carbocycles. The van der Waals surface area contributed by atoms with E-state index in [1.165, 1.54) is 49.9 Å². The molecule has 2 heterocycles. The van der Waals surface area contributed by atoms with Crippen LogP contribution >= 0.6 is 0 Å². The van der Waals surface area contributed by atoms with Gasteiger partial charge in [0, 0.05) is 48.7 Å². The Morgan fingerprint density at radius 3 is 1.27 bits per heavy atom. The van der Waals surface area contributed by atoms with Gasteiger partial charge in [0.25, 0.3) is 0 Å². The number of carbonyl (C=O) groups is 1. The van der Waals surface area contributed by atoms with Gasteiger partial charge in [-0.2, -0.15) is 0 Å². The standard InChI is InChI=1S/C23H28N2O/c26-23(20-9-13-22(14-10-20)25-17-5-6-18-25)19-7-11-21(12-8-19)24-15-3-1-2-4-16-24/h7-14H,1-6,15-18H2. The highest BCUT2D eigenvalue weighted by Crippen LogP contribution is 2.23. The minimum absolute atomic E-state index is 0.111. The van der Waals surface area contributed by atoms with Crippen LogP contribution in [0.25, 0.3) is 0 Å². The van der Waals surface area contributed by atoms with E-state index in [4.69, 9.17) is 0 Å². The fraction of sp³-hybridized carbons (Fsp3) is 0.435. The molecule has 2 saturated heterocycles. The molecule has 4 rings (SSSR count). The van der Waals surface area contributed by atoms with Gasteiger partial charge in [0.2, 0.25) is 0 Å². The lowest BCUT2D eigenvalue weighted by atomic mass is 10.0. The Morgan fingerprint density at radius 2 is 0.885 bits per heavy atom. The van der Waals surface area contributed by atoms with E-state index in [2.05, 4.69) is 34.1 Å². The van der Waals surface area contributed by atoms with Crippen molar-refractivity contribution < 1.29 is 4.79 Å². The molecule has 0 aromatic heterocycles. The van der Waals surface area contributed by atoms with Crippen LogP contribution in [0, 0.1) is 0 Å². The fourth-order valence-corrected chi connectivity index (χ4v) is 4.12. The quantitative estimate of drug-likeness (QED) is 0.734. The van der Waals surface area contributed by atoms with E-state index in [1.54, 1.807) is 0 Å². The second kappa shape index (κ2) is 7.94. The lowest BCUT2D eigenvalue weighted by Crippen LogP contribution is -2.23. The van der Waals surface area contributed by atoms with E-state index >= 15 is 0 Å². The fourth-order valence-electron chi connectivity index (χ4n) is 4.12. The molecule has 3 nitrogen and oxygen atoms in total. The summed E-state index contributed by atoms with van der Waals surface area (Å²) < 4.78 is 0. The lowest BCUT2D eigenvalue weighted by molar-refractivity contribution is 0.103. The van der Waals surface area contributed by atoms with Crippen LogP contribution in [0.4, 0.5) is 11.4 Å². The number of hydrogen-bond acceptors (Lipinski definition) is 3. The number of anilines is 2. The summed E-state index contributed by atoms with van der Waals surface area (Å²) in [6.45, 7) is 4.52. The van der Waals surface area contributed by atoms with Gasteiger partial charge in [0.15, 0.2) is 5.78 Å². The highest BCUT2D eigenvalue weighted by atomic mass is 16.1. The van der Waals surface area contributed by atoms with Gasteiger partial charge in [0.1, 0.15) is 0 Å². The number of rotatable bonds is 4. The Bertz CT molecular complexity index is 722. The zero-order valence-electron chi connectivity index (χ0n) is 15.5. The molecule has 0 amide bonds. The molecule has 0 saturated carbocycles. The van der Waals surface area contributed by atoms with Gasteiger partial charge in [-0.25, -0.2) is 0 Å². The first-order valence-corrected chi connectivity index (χ1v) is 10.1. The first-order valence-electron chi connectivity index (χ1n) is 10.1. The second-order valence-corrected chi connectivity index (χ2v) is 7.52. The van der Waals surface area contributed by atoms with Crippen molar-refractivity contribution in [1.82, 2.24) is 0 Å². The average molecular weight is 348 g/mol. The molecular formula is C23H28N2O. The summed E-state index contributed by atoms with van der Waals surface area (Å²) >= 11 is 0. The number of benzene rings is 2. The molecule has 0 atom stereocenters. The van der Waals surface area contributed by atoms with Gasteiger partial charge < -0.3 is 9.80 Å². The van der Waals surface area contributed by atoms with Crippen molar-refractivity contribution in [2.24, 2.45) is 0 Å². The van der Waals surface area contributed by atoms with Crippen LogP contribution < -0.4 is 9.80 Å². The Labute approximate surface area is 156 Å². The Hall–Kier alpha value is -2.29. The third-order valence-electron chi connectivity index (χ3n) is 5.70. The first-order chi connectivity index (χ1) is 12.8. The zero-order chi connectivity index (χ0) is 17.8. The van der Waals surface area contributed by atoms with Gasteiger partial charge in [-0.15, -0.1) is 0 Å². The summed E-state index contributed by atoms with van der Waals surface area (Å²) in [5.41, 5.74) is 4.02. The highest BCUT2D eigenvalue weighted by Gasteiger charge is 2.15. The Morgan fingerprint density at radius 1 is 0.538 bits per heavy atom. The van der Waals surface area contributed by atoms with E-state index in [9.17, 15) is 4.79 Å². The van der Waals surface area contributed by atoms with Gasteiger partial charge in [-0.3, -0.25) is 4.79 Å². The zero-order valence-corrected chi connectivity index (χ0v) is 15.5. The maximum atomic E-state index is 12.8. The molecule has 2 aliphatic rings. The molecule has 136 valence electrons. The molecule has 0 bridgehead atoms. The number of hydrogen-bond donors (Lipinski definition) is 0. The third kappa shape index (κ3) is 3.77. The third-order valence-corrected chi connectivity index (χ3v) is 5.70. The largest absolute Gasteiger partial charge is 0.372 e. The maximum absolute atomic E-state index is 12.8. The van der Waals surface area contributed by atoms with Crippen LogP contribution in [0.15, 0.2) is 48.5 Å².